The molecule has 2 aromatic rings. The predicted octanol–water partition coefficient (Wildman–Crippen LogP) is 2.53. The van der Waals surface area contributed by atoms with E-state index in [4.69, 9.17) is 5.73 Å². The Morgan fingerprint density at radius 2 is 2.22 bits per heavy atom. The van der Waals surface area contributed by atoms with Crippen LogP contribution in [-0.4, -0.2) is 15.7 Å². The largest absolute Gasteiger partial charge is 0.366 e. The minimum Gasteiger partial charge on any atom is -0.366 e. The van der Waals surface area contributed by atoms with Crippen molar-refractivity contribution in [3.05, 3.63) is 47.1 Å². The van der Waals surface area contributed by atoms with Gasteiger partial charge in [0.25, 0.3) is 0 Å². The Bertz CT molecular complexity index is 621. The Labute approximate surface area is 118 Å². The zero-order valence-electron chi connectivity index (χ0n) is 9.25. The molecule has 1 amide bonds. The van der Waals surface area contributed by atoms with Crippen molar-refractivity contribution in [3.63, 3.8) is 0 Å². The lowest BCUT2D eigenvalue weighted by molar-refractivity contribution is -0.113. The van der Waals surface area contributed by atoms with Crippen LogP contribution in [0.3, 0.4) is 0 Å². The maximum atomic E-state index is 10.8. The predicted molar refractivity (Wildman–Crippen MR) is 77.8 cm³/mol. The second kappa shape index (κ2) is 5.41. The summed E-state index contributed by atoms with van der Waals surface area (Å²) in [6.07, 6.45) is 2.93. The first-order valence-corrected chi connectivity index (χ1v) is 6.32. The van der Waals surface area contributed by atoms with Gasteiger partial charge in [-0.05, 0) is 18.2 Å². The lowest BCUT2D eigenvalue weighted by atomic mass is 10.2. The van der Waals surface area contributed by atoms with Crippen molar-refractivity contribution < 1.29 is 4.79 Å². The molecule has 1 aromatic heterocycles. The van der Waals surface area contributed by atoms with Gasteiger partial charge in [0.1, 0.15) is 0 Å². The molecule has 4 nitrogen and oxygen atoms in total. The fraction of sp³-hybridized carbons (Fsp3) is 0. The minimum atomic E-state index is -0.556. The number of nitrogens with two attached hydrogens (primary N) is 1. The molecule has 0 saturated carbocycles. The molecule has 0 bridgehead atoms. The fourth-order valence-electron chi connectivity index (χ4n) is 1.45. The molecule has 0 aliphatic rings. The van der Waals surface area contributed by atoms with E-state index in [0.29, 0.717) is 5.03 Å². The zero-order valence-corrected chi connectivity index (χ0v) is 11.7. The topological polar surface area (TPSA) is 60.9 Å². The zero-order chi connectivity index (χ0) is 13.1. The number of primary amides is 1. The average molecular weight is 324 g/mol. The molecule has 0 aliphatic carbocycles. The molecule has 1 heterocycles. The standard InChI is InChI=1S/C12H10BrN3OS/c13-9-3-1-2-8(6-9)10-4-5-16(15-10)12(18)7-11(14)17/h1-7,18H,(H2,14,17)/b12-7-. The van der Waals surface area contributed by atoms with Crippen LogP contribution in [0.25, 0.3) is 16.3 Å². The summed E-state index contributed by atoms with van der Waals surface area (Å²) in [6.45, 7) is 0. The van der Waals surface area contributed by atoms with Crippen molar-refractivity contribution in [2.45, 2.75) is 0 Å². The quantitative estimate of drug-likeness (QED) is 0.673. The van der Waals surface area contributed by atoms with E-state index >= 15 is 0 Å². The molecule has 6 heteroatoms. The first-order valence-electron chi connectivity index (χ1n) is 5.08. The van der Waals surface area contributed by atoms with E-state index in [-0.39, 0.29) is 0 Å². The Morgan fingerprint density at radius 1 is 1.44 bits per heavy atom. The summed E-state index contributed by atoms with van der Waals surface area (Å²) < 4.78 is 2.47. The number of nitrogens with zero attached hydrogens (tertiary/aromatic N) is 2. The Morgan fingerprint density at radius 3 is 2.89 bits per heavy atom. The first-order chi connectivity index (χ1) is 8.56. The summed E-state index contributed by atoms with van der Waals surface area (Å²) in [5.74, 6) is -0.556. The molecular formula is C12H10BrN3OS. The van der Waals surface area contributed by atoms with Crippen LogP contribution in [0.5, 0.6) is 0 Å². The molecule has 0 atom stereocenters. The van der Waals surface area contributed by atoms with Crippen LogP contribution in [0, 0.1) is 0 Å². The van der Waals surface area contributed by atoms with Gasteiger partial charge in [0.05, 0.1) is 10.7 Å². The summed E-state index contributed by atoms with van der Waals surface area (Å²) in [5, 5.41) is 4.70. The number of hydrogen-bond acceptors (Lipinski definition) is 3. The van der Waals surface area contributed by atoms with Crippen LogP contribution in [0.4, 0.5) is 0 Å². The molecule has 0 fully saturated rings. The number of carbonyl (C=O) groups excluding carboxylic acids is 1. The van der Waals surface area contributed by atoms with Crippen molar-refractivity contribution in [2.24, 2.45) is 5.73 Å². The lowest BCUT2D eigenvalue weighted by Crippen LogP contribution is -2.07. The van der Waals surface area contributed by atoms with Crippen molar-refractivity contribution in [3.8, 4) is 11.3 Å². The highest BCUT2D eigenvalue weighted by molar-refractivity contribution is 9.10. The van der Waals surface area contributed by atoms with E-state index in [0.717, 1.165) is 15.7 Å². The van der Waals surface area contributed by atoms with Crippen molar-refractivity contribution in [2.75, 3.05) is 0 Å². The van der Waals surface area contributed by atoms with Crippen LogP contribution in [0.15, 0.2) is 47.1 Å². The molecule has 0 saturated heterocycles. The summed E-state index contributed by atoms with van der Waals surface area (Å²) in [6, 6.07) is 9.62. The Hall–Kier alpha value is -1.53. The smallest absolute Gasteiger partial charge is 0.244 e. The summed E-state index contributed by atoms with van der Waals surface area (Å²) >= 11 is 7.56. The van der Waals surface area contributed by atoms with Gasteiger partial charge in [-0.3, -0.25) is 4.79 Å². The van der Waals surface area contributed by atoms with Crippen LogP contribution < -0.4 is 5.73 Å². The number of hydrogen-bond donors (Lipinski definition) is 2. The molecule has 92 valence electrons. The van der Waals surface area contributed by atoms with Crippen molar-refractivity contribution >= 4 is 39.5 Å². The van der Waals surface area contributed by atoms with E-state index in [1.807, 2.05) is 30.3 Å². The van der Waals surface area contributed by atoms with Crippen LogP contribution >= 0.6 is 28.6 Å². The van der Waals surface area contributed by atoms with Gasteiger partial charge in [0, 0.05) is 22.3 Å². The second-order valence-electron chi connectivity index (χ2n) is 3.56. The molecule has 0 radical (unpaired) electrons. The normalized spacial score (nSPS) is 11.6. The van der Waals surface area contributed by atoms with E-state index < -0.39 is 5.91 Å². The van der Waals surface area contributed by atoms with Crippen molar-refractivity contribution in [1.82, 2.24) is 9.78 Å². The van der Waals surface area contributed by atoms with Gasteiger partial charge in [-0.2, -0.15) is 5.10 Å². The number of thiol groups is 1. The van der Waals surface area contributed by atoms with Crippen LogP contribution in [0.1, 0.15) is 0 Å². The lowest BCUT2D eigenvalue weighted by Gasteiger charge is -1.99. The van der Waals surface area contributed by atoms with Crippen LogP contribution in [0.2, 0.25) is 0 Å². The number of benzene rings is 1. The number of amides is 1. The molecule has 1 aromatic carbocycles. The monoisotopic (exact) mass is 323 g/mol. The minimum absolute atomic E-state index is 0.378. The summed E-state index contributed by atoms with van der Waals surface area (Å²) in [5.41, 5.74) is 6.82. The van der Waals surface area contributed by atoms with Crippen molar-refractivity contribution in [1.29, 1.82) is 0 Å². The molecule has 0 unspecified atom stereocenters. The van der Waals surface area contributed by atoms with E-state index in [1.54, 1.807) is 6.20 Å². The van der Waals surface area contributed by atoms with Gasteiger partial charge < -0.3 is 5.73 Å². The number of carbonyl (C=O) groups is 1. The molecule has 0 spiro atoms. The van der Waals surface area contributed by atoms with E-state index in [1.165, 1.54) is 10.8 Å². The highest BCUT2D eigenvalue weighted by atomic mass is 79.9. The average Bonchev–Trinajstić information content (AvgIpc) is 2.77. The van der Waals surface area contributed by atoms with Crippen LogP contribution in [-0.2, 0) is 4.79 Å². The second-order valence-corrected chi connectivity index (χ2v) is 4.93. The Balaban J connectivity index is 2.34. The van der Waals surface area contributed by atoms with Gasteiger partial charge in [-0.15, -0.1) is 12.6 Å². The molecular weight excluding hydrogens is 314 g/mol. The van der Waals surface area contributed by atoms with Gasteiger partial charge in [-0.1, -0.05) is 28.1 Å². The Kier molecular flexibility index (Phi) is 3.88. The summed E-state index contributed by atoms with van der Waals surface area (Å²) in [4.78, 5) is 10.8. The first kappa shape index (κ1) is 12.9. The molecule has 0 aliphatic heterocycles. The highest BCUT2D eigenvalue weighted by Crippen LogP contribution is 2.22. The van der Waals surface area contributed by atoms with E-state index in [9.17, 15) is 4.79 Å². The third-order valence-electron chi connectivity index (χ3n) is 2.22. The van der Waals surface area contributed by atoms with E-state index in [2.05, 4.69) is 33.7 Å². The van der Waals surface area contributed by atoms with Gasteiger partial charge in [0.2, 0.25) is 5.91 Å². The molecule has 2 N–H and O–H groups in total. The van der Waals surface area contributed by atoms with Gasteiger partial charge in [-0.25, -0.2) is 4.68 Å². The number of halogens is 1. The number of rotatable bonds is 3. The fourth-order valence-corrected chi connectivity index (χ4v) is 2.08. The third kappa shape index (κ3) is 3.02. The molecule has 2 rings (SSSR count). The highest BCUT2D eigenvalue weighted by Gasteiger charge is 2.04. The molecule has 18 heavy (non-hydrogen) atoms. The summed E-state index contributed by atoms with van der Waals surface area (Å²) in [7, 11) is 0. The maximum Gasteiger partial charge on any atom is 0.244 e. The van der Waals surface area contributed by atoms with Gasteiger partial charge in [0.15, 0.2) is 0 Å². The maximum absolute atomic E-state index is 10.8. The van der Waals surface area contributed by atoms with Gasteiger partial charge >= 0.3 is 0 Å². The third-order valence-corrected chi connectivity index (χ3v) is 3.04. The number of aromatic nitrogens is 2. The SMILES string of the molecule is NC(=O)/C=C(\S)n1ccc(-c2cccc(Br)c2)n1.